The summed E-state index contributed by atoms with van der Waals surface area (Å²) in [6, 6.07) is 19.7. The van der Waals surface area contributed by atoms with Gasteiger partial charge < -0.3 is 10.1 Å². The molecule has 5 rings (SSSR count). The summed E-state index contributed by atoms with van der Waals surface area (Å²) in [7, 11) is -2.42. The van der Waals surface area contributed by atoms with Gasteiger partial charge >= 0.3 is 0 Å². The number of hydrogen-bond donors (Lipinski definition) is 1. The van der Waals surface area contributed by atoms with E-state index in [1.54, 1.807) is 67.8 Å². The molecular weight excluding hydrogens is 515 g/mol. The lowest BCUT2D eigenvalue weighted by molar-refractivity contribution is -0.113. The normalized spacial score (nSPS) is 13.4. The number of methoxy groups -OCH3 is 1. The van der Waals surface area contributed by atoms with Crippen molar-refractivity contribution < 1.29 is 22.3 Å². The van der Waals surface area contributed by atoms with Crippen LogP contribution < -0.4 is 14.4 Å². The molecule has 0 radical (unpaired) electrons. The van der Waals surface area contributed by atoms with Gasteiger partial charge in [-0.15, -0.1) is 0 Å². The lowest BCUT2D eigenvalue weighted by atomic mass is 10.1. The highest BCUT2D eigenvalue weighted by atomic mass is 32.2. The zero-order valence-corrected chi connectivity index (χ0v) is 21.2. The van der Waals surface area contributed by atoms with Crippen molar-refractivity contribution in [2.45, 2.75) is 16.6 Å². The smallest absolute Gasteiger partial charge is 0.268 e. The number of benzene rings is 3. The highest BCUT2D eigenvalue weighted by Gasteiger charge is 2.36. The SMILES string of the molecule is COc1ccc(NC(=O)CSc2ncc3c(n2)-c2ccccc2N(Cc2ccc(F)cc2)S3(=O)=O)cc1. The fourth-order valence-corrected chi connectivity index (χ4v) is 6.05. The van der Waals surface area contributed by atoms with Gasteiger partial charge in [-0.3, -0.25) is 9.10 Å². The van der Waals surface area contributed by atoms with Crippen molar-refractivity contribution >= 4 is 39.1 Å². The highest BCUT2D eigenvalue weighted by molar-refractivity contribution is 7.99. The van der Waals surface area contributed by atoms with E-state index in [-0.39, 0.29) is 34.0 Å². The molecule has 37 heavy (non-hydrogen) atoms. The van der Waals surface area contributed by atoms with E-state index in [4.69, 9.17) is 4.74 Å². The highest BCUT2D eigenvalue weighted by Crippen LogP contribution is 2.42. The quantitative estimate of drug-likeness (QED) is 0.269. The molecule has 1 aromatic heterocycles. The third-order valence-electron chi connectivity index (χ3n) is 5.67. The van der Waals surface area contributed by atoms with Crippen molar-refractivity contribution in [3.63, 3.8) is 0 Å². The van der Waals surface area contributed by atoms with E-state index in [0.717, 1.165) is 11.8 Å². The average Bonchev–Trinajstić information content (AvgIpc) is 2.91. The number of thioether (sulfide) groups is 1. The second kappa shape index (κ2) is 10.2. The monoisotopic (exact) mass is 536 g/mol. The van der Waals surface area contributed by atoms with Gasteiger partial charge in [0.15, 0.2) is 5.16 Å². The van der Waals surface area contributed by atoms with Gasteiger partial charge in [0.25, 0.3) is 10.0 Å². The van der Waals surface area contributed by atoms with Gasteiger partial charge in [-0.25, -0.2) is 22.8 Å². The molecule has 3 aromatic carbocycles. The van der Waals surface area contributed by atoms with Crippen LogP contribution in [0.5, 0.6) is 5.75 Å². The van der Waals surface area contributed by atoms with Crippen molar-refractivity contribution in [2.24, 2.45) is 0 Å². The van der Waals surface area contributed by atoms with Gasteiger partial charge in [0.2, 0.25) is 5.91 Å². The van der Waals surface area contributed by atoms with Crippen LogP contribution in [-0.2, 0) is 21.4 Å². The summed E-state index contributed by atoms with van der Waals surface area (Å²) in [4.78, 5) is 21.1. The first-order valence-electron chi connectivity index (χ1n) is 11.2. The fourth-order valence-electron chi connectivity index (χ4n) is 3.87. The predicted molar refractivity (Wildman–Crippen MR) is 140 cm³/mol. The summed E-state index contributed by atoms with van der Waals surface area (Å²) < 4.78 is 46.9. The van der Waals surface area contributed by atoms with Crippen molar-refractivity contribution in [3.05, 3.63) is 90.4 Å². The molecule has 0 unspecified atom stereocenters. The molecule has 188 valence electrons. The van der Waals surface area contributed by atoms with Crippen LogP contribution in [0.4, 0.5) is 15.8 Å². The number of nitrogens with zero attached hydrogens (tertiary/aromatic N) is 3. The molecule has 11 heteroatoms. The Hall–Kier alpha value is -3.96. The molecule has 0 saturated heterocycles. The minimum absolute atomic E-state index is 0.0275. The first-order valence-corrected chi connectivity index (χ1v) is 13.6. The van der Waals surface area contributed by atoms with Crippen molar-refractivity contribution in [3.8, 4) is 17.0 Å². The second-order valence-corrected chi connectivity index (χ2v) is 10.9. The molecule has 0 bridgehead atoms. The molecule has 1 aliphatic heterocycles. The van der Waals surface area contributed by atoms with Gasteiger partial charge in [0, 0.05) is 11.3 Å². The Morgan fingerprint density at radius 2 is 1.78 bits per heavy atom. The van der Waals surface area contributed by atoms with E-state index < -0.39 is 15.8 Å². The van der Waals surface area contributed by atoms with Gasteiger partial charge in [-0.2, -0.15) is 0 Å². The number of amides is 1. The molecule has 1 aliphatic rings. The standard InChI is InChI=1S/C26H21FN4O4S2/c1-35-20-12-10-19(11-13-20)29-24(32)16-36-26-28-14-23-25(30-26)21-4-2-3-5-22(21)31(37(23,33)34)15-17-6-8-18(27)9-7-17/h2-14H,15-16H2,1H3,(H,29,32). The predicted octanol–water partition coefficient (Wildman–Crippen LogP) is 4.73. The van der Waals surface area contributed by atoms with Crippen LogP contribution in [-0.4, -0.2) is 37.2 Å². The Kier molecular flexibility index (Phi) is 6.81. The van der Waals surface area contributed by atoms with Crippen LogP contribution in [0.2, 0.25) is 0 Å². The number of aromatic nitrogens is 2. The maximum absolute atomic E-state index is 13.6. The Morgan fingerprint density at radius 3 is 2.51 bits per heavy atom. The number of para-hydroxylation sites is 1. The van der Waals surface area contributed by atoms with Crippen LogP contribution >= 0.6 is 11.8 Å². The minimum Gasteiger partial charge on any atom is -0.497 e. The number of halogens is 1. The summed E-state index contributed by atoms with van der Waals surface area (Å²) in [5.41, 5.74) is 2.63. The maximum Gasteiger partial charge on any atom is 0.268 e. The summed E-state index contributed by atoms with van der Waals surface area (Å²) in [6.45, 7) is 0.0289. The van der Waals surface area contributed by atoms with Crippen molar-refractivity contribution in [1.82, 2.24) is 9.97 Å². The molecule has 0 spiro atoms. The minimum atomic E-state index is -3.98. The van der Waals surface area contributed by atoms with Gasteiger partial charge in [-0.05, 0) is 48.0 Å². The molecule has 4 aromatic rings. The Bertz CT molecular complexity index is 1560. The second-order valence-electron chi connectivity index (χ2n) is 8.09. The fraction of sp³-hybridized carbons (Fsp3) is 0.115. The van der Waals surface area contributed by atoms with Gasteiger partial charge in [0.05, 0.1) is 37.0 Å². The number of carbonyl (C=O) groups excluding carboxylic acids is 1. The van der Waals surface area contributed by atoms with Gasteiger partial charge in [-0.1, -0.05) is 42.1 Å². The van der Waals surface area contributed by atoms with E-state index in [1.807, 2.05) is 0 Å². The number of rotatable bonds is 7. The number of fused-ring (bicyclic) bond motifs is 3. The number of hydrogen-bond acceptors (Lipinski definition) is 7. The first kappa shape index (κ1) is 24.7. The number of sulfonamides is 1. The number of carbonyl (C=O) groups is 1. The number of ether oxygens (including phenoxy) is 1. The zero-order valence-electron chi connectivity index (χ0n) is 19.6. The third kappa shape index (κ3) is 5.13. The molecule has 1 N–H and O–H groups in total. The number of anilines is 2. The van der Waals surface area contributed by atoms with Crippen molar-refractivity contribution in [1.29, 1.82) is 0 Å². The Balaban J connectivity index is 1.38. The van der Waals surface area contributed by atoms with Crippen LogP contribution in [0, 0.1) is 5.82 Å². The molecule has 8 nitrogen and oxygen atoms in total. The van der Waals surface area contributed by atoms with Crippen LogP contribution in [0.3, 0.4) is 0 Å². The molecular formula is C26H21FN4O4S2. The topological polar surface area (TPSA) is 101 Å². The first-order chi connectivity index (χ1) is 17.8. The molecule has 0 atom stereocenters. The summed E-state index contributed by atoms with van der Waals surface area (Å²) in [6.07, 6.45) is 1.27. The van der Waals surface area contributed by atoms with Crippen LogP contribution in [0.1, 0.15) is 5.56 Å². The molecule has 2 heterocycles. The van der Waals surface area contributed by atoms with Crippen molar-refractivity contribution in [2.75, 3.05) is 22.5 Å². The largest absolute Gasteiger partial charge is 0.497 e. The van der Waals surface area contributed by atoms with Gasteiger partial charge in [0.1, 0.15) is 16.5 Å². The lowest BCUT2D eigenvalue weighted by Crippen LogP contribution is -2.34. The van der Waals surface area contributed by atoms with E-state index in [1.165, 1.54) is 22.6 Å². The summed E-state index contributed by atoms with van der Waals surface area (Å²) >= 11 is 1.10. The van der Waals surface area contributed by atoms with E-state index >= 15 is 0 Å². The van der Waals surface area contributed by atoms with Crippen LogP contribution in [0.15, 0.2) is 89.0 Å². The lowest BCUT2D eigenvalue weighted by Gasteiger charge is -2.31. The van der Waals surface area contributed by atoms with E-state index in [2.05, 4.69) is 15.3 Å². The maximum atomic E-state index is 13.6. The summed E-state index contributed by atoms with van der Waals surface area (Å²) in [5.74, 6) is 0.0685. The Morgan fingerprint density at radius 1 is 1.05 bits per heavy atom. The molecule has 1 amide bonds. The Labute approximate surface area is 217 Å². The van der Waals surface area contributed by atoms with E-state index in [9.17, 15) is 17.6 Å². The zero-order chi connectivity index (χ0) is 26.0. The summed E-state index contributed by atoms with van der Waals surface area (Å²) in [5, 5.41) is 3.07. The third-order valence-corrected chi connectivity index (χ3v) is 8.30. The average molecular weight is 537 g/mol. The van der Waals surface area contributed by atoms with Crippen LogP contribution in [0.25, 0.3) is 11.3 Å². The molecule has 0 saturated carbocycles. The molecule has 0 aliphatic carbocycles. The number of nitrogens with one attached hydrogen (secondary N) is 1. The molecule has 0 fully saturated rings. The van der Waals surface area contributed by atoms with E-state index in [0.29, 0.717) is 28.3 Å².